The molecule has 2 heterocycles. The second kappa shape index (κ2) is 7.12. The van der Waals surface area contributed by atoms with Crippen molar-refractivity contribution in [3.63, 3.8) is 0 Å². The summed E-state index contributed by atoms with van der Waals surface area (Å²) in [4.78, 5) is 29.0. The van der Waals surface area contributed by atoms with E-state index in [1.54, 1.807) is 50.4 Å². The Kier molecular flexibility index (Phi) is 4.74. The summed E-state index contributed by atoms with van der Waals surface area (Å²) in [5.41, 5.74) is 1.06. The van der Waals surface area contributed by atoms with Gasteiger partial charge in [0.15, 0.2) is 11.9 Å². The number of rotatable bonds is 5. The summed E-state index contributed by atoms with van der Waals surface area (Å²) in [5.74, 6) is -0.172. The molecule has 1 atom stereocenters. The number of pyridine rings is 1. The van der Waals surface area contributed by atoms with Crippen LogP contribution in [0.1, 0.15) is 29.5 Å². The molecule has 7 nitrogen and oxygen atoms in total. The zero-order valence-corrected chi connectivity index (χ0v) is 13.9. The van der Waals surface area contributed by atoms with Crippen LogP contribution in [0.4, 0.5) is 5.82 Å². The van der Waals surface area contributed by atoms with Gasteiger partial charge in [0, 0.05) is 17.6 Å². The lowest BCUT2D eigenvalue weighted by molar-refractivity contribution is -0.124. The SMILES string of the molecule is CC[C@@H](OC(=O)c1cccc2ncccc12)C(=O)Nc1cc(C)on1. The van der Waals surface area contributed by atoms with E-state index in [4.69, 9.17) is 9.26 Å². The number of ether oxygens (including phenoxy) is 1. The van der Waals surface area contributed by atoms with Crippen LogP contribution in [0, 0.1) is 6.92 Å². The van der Waals surface area contributed by atoms with Gasteiger partial charge in [-0.05, 0) is 31.5 Å². The van der Waals surface area contributed by atoms with E-state index in [9.17, 15) is 9.59 Å². The number of nitrogens with zero attached hydrogens (tertiary/aromatic N) is 2. The number of benzene rings is 1. The summed E-state index contributed by atoms with van der Waals surface area (Å²) < 4.78 is 10.3. The number of aromatic nitrogens is 2. The van der Waals surface area contributed by atoms with Gasteiger partial charge in [0.2, 0.25) is 0 Å². The Morgan fingerprint density at radius 2 is 2.12 bits per heavy atom. The Hall–Kier alpha value is -3.22. The van der Waals surface area contributed by atoms with E-state index >= 15 is 0 Å². The highest BCUT2D eigenvalue weighted by atomic mass is 16.5. The van der Waals surface area contributed by atoms with Gasteiger partial charge in [0.25, 0.3) is 5.91 Å². The molecule has 7 heteroatoms. The van der Waals surface area contributed by atoms with Gasteiger partial charge in [-0.2, -0.15) is 0 Å². The molecule has 0 aliphatic rings. The van der Waals surface area contributed by atoms with Crippen LogP contribution in [0.5, 0.6) is 0 Å². The molecule has 0 spiro atoms. The molecule has 2 aromatic heterocycles. The van der Waals surface area contributed by atoms with Crippen molar-refractivity contribution < 1.29 is 18.8 Å². The lowest BCUT2D eigenvalue weighted by atomic mass is 10.1. The molecule has 1 amide bonds. The first kappa shape index (κ1) is 16.6. The molecule has 0 unspecified atom stereocenters. The van der Waals surface area contributed by atoms with Gasteiger partial charge >= 0.3 is 5.97 Å². The van der Waals surface area contributed by atoms with Crippen molar-refractivity contribution in [2.75, 3.05) is 5.32 Å². The molecule has 0 radical (unpaired) electrons. The maximum absolute atomic E-state index is 12.5. The quantitative estimate of drug-likeness (QED) is 0.718. The third-order valence-electron chi connectivity index (χ3n) is 3.66. The number of hydrogen-bond donors (Lipinski definition) is 1. The number of amides is 1. The first-order valence-electron chi connectivity index (χ1n) is 7.87. The van der Waals surface area contributed by atoms with E-state index in [1.807, 2.05) is 6.07 Å². The van der Waals surface area contributed by atoms with E-state index in [-0.39, 0.29) is 5.82 Å². The van der Waals surface area contributed by atoms with Crippen molar-refractivity contribution in [2.24, 2.45) is 0 Å². The standard InChI is InChI=1S/C18H17N3O4/c1-3-15(17(22)20-16-10-11(2)25-21-16)24-18(23)13-6-4-8-14-12(13)7-5-9-19-14/h4-10,15H,3H2,1-2H3,(H,20,21,22)/t15-/m1/s1. The van der Waals surface area contributed by atoms with Crippen LogP contribution in [0.3, 0.4) is 0 Å². The summed E-state index contributed by atoms with van der Waals surface area (Å²) in [6, 6.07) is 10.3. The molecule has 0 saturated carbocycles. The molecule has 0 aliphatic heterocycles. The normalized spacial score (nSPS) is 11.9. The van der Waals surface area contributed by atoms with Crippen LogP contribution >= 0.6 is 0 Å². The Morgan fingerprint density at radius 1 is 1.28 bits per heavy atom. The number of aryl methyl sites for hydroxylation is 1. The van der Waals surface area contributed by atoms with Crippen LogP contribution in [-0.4, -0.2) is 28.1 Å². The number of esters is 1. The van der Waals surface area contributed by atoms with E-state index in [2.05, 4.69) is 15.5 Å². The fourth-order valence-corrected chi connectivity index (χ4v) is 2.43. The minimum Gasteiger partial charge on any atom is -0.449 e. The topological polar surface area (TPSA) is 94.3 Å². The largest absolute Gasteiger partial charge is 0.449 e. The molecule has 0 aliphatic carbocycles. The molecule has 3 aromatic rings. The van der Waals surface area contributed by atoms with Crippen LogP contribution < -0.4 is 5.32 Å². The molecule has 0 bridgehead atoms. The van der Waals surface area contributed by atoms with Gasteiger partial charge in [0.1, 0.15) is 5.76 Å². The molecule has 0 saturated heterocycles. The second-order valence-electron chi connectivity index (χ2n) is 5.49. The van der Waals surface area contributed by atoms with Crippen molar-refractivity contribution in [3.05, 3.63) is 53.9 Å². The highest BCUT2D eigenvalue weighted by molar-refractivity contribution is 6.04. The van der Waals surface area contributed by atoms with Crippen molar-refractivity contribution in [1.29, 1.82) is 0 Å². The van der Waals surface area contributed by atoms with E-state index < -0.39 is 18.0 Å². The highest BCUT2D eigenvalue weighted by Crippen LogP contribution is 2.19. The first-order valence-corrected chi connectivity index (χ1v) is 7.87. The van der Waals surface area contributed by atoms with Crippen molar-refractivity contribution >= 4 is 28.6 Å². The lowest BCUT2D eigenvalue weighted by Gasteiger charge is -2.15. The summed E-state index contributed by atoms with van der Waals surface area (Å²) in [6.45, 7) is 3.48. The fraction of sp³-hybridized carbons (Fsp3) is 0.222. The average molecular weight is 339 g/mol. The molecule has 1 N–H and O–H groups in total. The maximum Gasteiger partial charge on any atom is 0.339 e. The number of fused-ring (bicyclic) bond motifs is 1. The van der Waals surface area contributed by atoms with E-state index in [0.717, 1.165) is 0 Å². The smallest absolute Gasteiger partial charge is 0.339 e. The van der Waals surface area contributed by atoms with Gasteiger partial charge < -0.3 is 14.6 Å². The highest BCUT2D eigenvalue weighted by Gasteiger charge is 2.24. The first-order chi connectivity index (χ1) is 12.1. The minimum atomic E-state index is -0.934. The third kappa shape index (κ3) is 3.65. The third-order valence-corrected chi connectivity index (χ3v) is 3.66. The summed E-state index contributed by atoms with van der Waals surface area (Å²) >= 11 is 0. The molecular formula is C18H17N3O4. The monoisotopic (exact) mass is 339 g/mol. The molecule has 128 valence electrons. The summed E-state index contributed by atoms with van der Waals surface area (Å²) in [6.07, 6.45) is 1.05. The lowest BCUT2D eigenvalue weighted by Crippen LogP contribution is -2.32. The van der Waals surface area contributed by atoms with Crippen molar-refractivity contribution in [1.82, 2.24) is 10.1 Å². The van der Waals surface area contributed by atoms with Gasteiger partial charge in [-0.1, -0.05) is 24.2 Å². The molecule has 0 fully saturated rings. The minimum absolute atomic E-state index is 0.284. The molecule has 1 aromatic carbocycles. The van der Waals surface area contributed by atoms with Crippen LogP contribution in [0.2, 0.25) is 0 Å². The number of carbonyl (C=O) groups excluding carboxylic acids is 2. The Bertz CT molecular complexity index is 914. The fourth-order valence-electron chi connectivity index (χ4n) is 2.43. The average Bonchev–Trinajstić information content (AvgIpc) is 3.03. The van der Waals surface area contributed by atoms with Crippen molar-refractivity contribution in [2.45, 2.75) is 26.4 Å². The Balaban J connectivity index is 1.76. The van der Waals surface area contributed by atoms with Crippen LogP contribution in [0.15, 0.2) is 47.1 Å². The number of carbonyl (C=O) groups is 2. The second-order valence-corrected chi connectivity index (χ2v) is 5.49. The summed E-state index contributed by atoms with van der Waals surface area (Å²) in [5, 5.41) is 6.95. The predicted molar refractivity (Wildman–Crippen MR) is 91.1 cm³/mol. The van der Waals surface area contributed by atoms with Gasteiger partial charge in [-0.25, -0.2) is 4.79 Å². The molecule has 25 heavy (non-hydrogen) atoms. The number of nitrogens with one attached hydrogen (secondary N) is 1. The van der Waals surface area contributed by atoms with Crippen LogP contribution in [0.25, 0.3) is 10.9 Å². The molecular weight excluding hydrogens is 322 g/mol. The zero-order chi connectivity index (χ0) is 17.8. The number of hydrogen-bond acceptors (Lipinski definition) is 6. The van der Waals surface area contributed by atoms with Crippen molar-refractivity contribution in [3.8, 4) is 0 Å². The maximum atomic E-state index is 12.5. The van der Waals surface area contributed by atoms with E-state index in [0.29, 0.717) is 28.6 Å². The van der Waals surface area contributed by atoms with Gasteiger partial charge in [0.05, 0.1) is 11.1 Å². The predicted octanol–water partition coefficient (Wildman–Crippen LogP) is 3.11. The Morgan fingerprint density at radius 3 is 2.84 bits per heavy atom. The van der Waals surface area contributed by atoms with Gasteiger partial charge in [-0.15, -0.1) is 0 Å². The van der Waals surface area contributed by atoms with E-state index in [1.165, 1.54) is 0 Å². The Labute approximate surface area is 144 Å². The van der Waals surface area contributed by atoms with Crippen LogP contribution in [-0.2, 0) is 9.53 Å². The summed E-state index contributed by atoms with van der Waals surface area (Å²) in [7, 11) is 0. The van der Waals surface area contributed by atoms with Gasteiger partial charge in [-0.3, -0.25) is 9.78 Å². The zero-order valence-electron chi connectivity index (χ0n) is 13.9. The number of anilines is 1. The molecule has 3 rings (SSSR count).